The Morgan fingerprint density at radius 1 is 1.19 bits per heavy atom. The Kier molecular flexibility index (Phi) is 6.21. The molecule has 140 valence electrons. The summed E-state index contributed by atoms with van der Waals surface area (Å²) in [6.45, 7) is 4.03. The summed E-state index contributed by atoms with van der Waals surface area (Å²) in [6, 6.07) is 14.1. The fourth-order valence-electron chi connectivity index (χ4n) is 3.17. The molecule has 3 rings (SSSR count). The maximum atomic E-state index is 12.4. The second-order valence-electron chi connectivity index (χ2n) is 6.57. The van der Waals surface area contributed by atoms with Gasteiger partial charge >= 0.3 is 0 Å². The van der Waals surface area contributed by atoms with E-state index in [1.165, 1.54) is 28.7 Å². The fraction of sp³-hybridized carbons (Fsp3) is 0.250. The zero-order valence-corrected chi connectivity index (χ0v) is 15.6. The van der Waals surface area contributed by atoms with Crippen molar-refractivity contribution in [1.82, 2.24) is 4.90 Å². The standard InChI is InChI=1S/C20H20ClN3O3/c21-18-5-1-4-17(13-18)15-22-9-11-23(12-10-22)20(25)8-7-16-3-2-6-19(14-16)24(26)27/h1-8,13-14H,9-12,15H2/p+1/b8-7+. The molecule has 0 spiro atoms. The zero-order chi connectivity index (χ0) is 19.2. The number of nitro benzene ring substituents is 1. The predicted octanol–water partition coefficient (Wildman–Crippen LogP) is 2.19. The molecule has 6 nitrogen and oxygen atoms in total. The largest absolute Gasteiger partial charge is 0.328 e. The van der Waals surface area contributed by atoms with Crippen molar-refractivity contribution < 1.29 is 14.6 Å². The van der Waals surface area contributed by atoms with Gasteiger partial charge in [0.1, 0.15) is 6.54 Å². The van der Waals surface area contributed by atoms with Crippen LogP contribution in [0.1, 0.15) is 11.1 Å². The Hall–Kier alpha value is -2.70. The lowest BCUT2D eigenvalue weighted by Gasteiger charge is -2.31. The van der Waals surface area contributed by atoms with Crippen molar-refractivity contribution in [2.24, 2.45) is 0 Å². The lowest BCUT2D eigenvalue weighted by Crippen LogP contribution is -3.13. The number of quaternary nitrogens is 1. The summed E-state index contributed by atoms with van der Waals surface area (Å²) < 4.78 is 0. The topological polar surface area (TPSA) is 67.9 Å². The predicted molar refractivity (Wildman–Crippen MR) is 105 cm³/mol. The van der Waals surface area contributed by atoms with Crippen molar-refractivity contribution in [3.63, 3.8) is 0 Å². The van der Waals surface area contributed by atoms with E-state index in [4.69, 9.17) is 11.6 Å². The van der Waals surface area contributed by atoms with Gasteiger partial charge in [-0.15, -0.1) is 0 Å². The number of non-ortho nitro benzene ring substituents is 1. The highest BCUT2D eigenvalue weighted by molar-refractivity contribution is 6.30. The molecule has 1 aliphatic rings. The van der Waals surface area contributed by atoms with Crippen LogP contribution in [0.2, 0.25) is 5.02 Å². The third kappa shape index (κ3) is 5.39. The molecule has 0 radical (unpaired) electrons. The van der Waals surface area contributed by atoms with E-state index in [2.05, 4.69) is 6.07 Å². The van der Waals surface area contributed by atoms with Gasteiger partial charge in [0.25, 0.3) is 5.69 Å². The summed E-state index contributed by atoms with van der Waals surface area (Å²) in [5.74, 6) is -0.0664. The van der Waals surface area contributed by atoms with Crippen LogP contribution < -0.4 is 4.90 Å². The van der Waals surface area contributed by atoms with E-state index in [0.29, 0.717) is 18.7 Å². The Balaban J connectivity index is 1.52. The Bertz CT molecular complexity index is 861. The van der Waals surface area contributed by atoms with Gasteiger partial charge in [0.15, 0.2) is 0 Å². The van der Waals surface area contributed by atoms with Crippen molar-refractivity contribution in [2.75, 3.05) is 26.2 Å². The minimum absolute atomic E-state index is 0.0165. The molecule has 2 aromatic rings. The van der Waals surface area contributed by atoms with E-state index in [0.717, 1.165) is 24.7 Å². The molecule has 2 aromatic carbocycles. The van der Waals surface area contributed by atoms with Gasteiger partial charge < -0.3 is 9.80 Å². The Labute approximate surface area is 162 Å². The number of hydrogen-bond donors (Lipinski definition) is 1. The molecule has 7 heteroatoms. The highest BCUT2D eigenvalue weighted by Crippen LogP contribution is 2.14. The lowest BCUT2D eigenvalue weighted by molar-refractivity contribution is -0.917. The molecule has 1 amide bonds. The van der Waals surface area contributed by atoms with E-state index in [1.54, 1.807) is 18.2 Å². The van der Waals surface area contributed by atoms with Crippen molar-refractivity contribution in [2.45, 2.75) is 6.54 Å². The van der Waals surface area contributed by atoms with Gasteiger partial charge in [-0.05, 0) is 23.8 Å². The molecule has 1 aliphatic heterocycles. The summed E-state index contributed by atoms with van der Waals surface area (Å²) >= 11 is 6.03. The number of halogens is 1. The summed E-state index contributed by atoms with van der Waals surface area (Å²) in [7, 11) is 0. The Morgan fingerprint density at radius 3 is 2.63 bits per heavy atom. The molecule has 1 saturated heterocycles. The quantitative estimate of drug-likeness (QED) is 0.486. The highest BCUT2D eigenvalue weighted by Gasteiger charge is 2.22. The van der Waals surface area contributed by atoms with Gasteiger partial charge in [-0.1, -0.05) is 35.9 Å². The van der Waals surface area contributed by atoms with Crippen LogP contribution in [0.3, 0.4) is 0 Å². The van der Waals surface area contributed by atoms with E-state index in [9.17, 15) is 14.9 Å². The molecule has 0 aliphatic carbocycles. The van der Waals surface area contributed by atoms with Crippen LogP contribution in [-0.2, 0) is 11.3 Å². The minimum Gasteiger partial charge on any atom is -0.328 e. The average Bonchev–Trinajstić information content (AvgIpc) is 2.67. The van der Waals surface area contributed by atoms with Crippen LogP contribution in [0, 0.1) is 10.1 Å². The van der Waals surface area contributed by atoms with Crippen LogP contribution in [-0.4, -0.2) is 41.9 Å². The molecule has 0 bridgehead atoms. The number of carbonyl (C=O) groups excluding carboxylic acids is 1. The number of piperazine rings is 1. The molecule has 0 atom stereocenters. The van der Waals surface area contributed by atoms with Crippen LogP contribution >= 0.6 is 11.6 Å². The second-order valence-corrected chi connectivity index (χ2v) is 7.00. The number of rotatable bonds is 5. The van der Waals surface area contributed by atoms with Gasteiger partial charge in [-0.3, -0.25) is 14.9 Å². The van der Waals surface area contributed by atoms with Crippen molar-refractivity contribution in [1.29, 1.82) is 0 Å². The number of amides is 1. The van der Waals surface area contributed by atoms with Gasteiger partial charge in [0.05, 0.1) is 31.1 Å². The highest BCUT2D eigenvalue weighted by atomic mass is 35.5. The molecule has 1 fully saturated rings. The van der Waals surface area contributed by atoms with Crippen LogP contribution in [0.5, 0.6) is 0 Å². The monoisotopic (exact) mass is 386 g/mol. The molecule has 27 heavy (non-hydrogen) atoms. The SMILES string of the molecule is O=C(/C=C/c1cccc([N+](=O)[O-])c1)N1CC[NH+](Cc2cccc(Cl)c2)CC1. The number of nitro groups is 1. The number of nitrogens with zero attached hydrogens (tertiary/aromatic N) is 2. The van der Waals surface area contributed by atoms with Gasteiger partial charge in [0, 0.05) is 28.8 Å². The van der Waals surface area contributed by atoms with Crippen molar-refractivity contribution >= 4 is 29.3 Å². The maximum absolute atomic E-state index is 12.4. The van der Waals surface area contributed by atoms with Crippen molar-refractivity contribution in [3.8, 4) is 0 Å². The van der Waals surface area contributed by atoms with Gasteiger partial charge in [0.2, 0.25) is 5.91 Å². The molecule has 1 heterocycles. The molecular weight excluding hydrogens is 366 g/mol. The number of nitrogens with one attached hydrogen (secondary N) is 1. The molecule has 0 saturated carbocycles. The average molecular weight is 387 g/mol. The first-order valence-electron chi connectivity index (χ1n) is 8.81. The smallest absolute Gasteiger partial charge is 0.270 e. The molecule has 0 unspecified atom stereocenters. The third-order valence-electron chi connectivity index (χ3n) is 4.62. The first kappa shape index (κ1) is 19.1. The van der Waals surface area contributed by atoms with Crippen molar-refractivity contribution in [3.05, 3.63) is 80.9 Å². The second kappa shape index (κ2) is 8.79. The fourth-order valence-corrected chi connectivity index (χ4v) is 3.38. The maximum Gasteiger partial charge on any atom is 0.270 e. The summed E-state index contributed by atoms with van der Waals surface area (Å²) in [5, 5.41) is 11.6. The summed E-state index contributed by atoms with van der Waals surface area (Å²) in [4.78, 5) is 26.0. The van der Waals surface area contributed by atoms with E-state index in [-0.39, 0.29) is 11.6 Å². The number of benzene rings is 2. The first-order chi connectivity index (χ1) is 13.0. The van der Waals surface area contributed by atoms with Gasteiger partial charge in [-0.2, -0.15) is 0 Å². The Morgan fingerprint density at radius 2 is 1.93 bits per heavy atom. The van der Waals surface area contributed by atoms with E-state index < -0.39 is 4.92 Å². The van der Waals surface area contributed by atoms with Gasteiger partial charge in [-0.25, -0.2) is 0 Å². The van der Waals surface area contributed by atoms with E-state index in [1.807, 2.05) is 23.1 Å². The summed E-state index contributed by atoms with van der Waals surface area (Å²) in [6.07, 6.45) is 3.11. The molecule has 0 aromatic heterocycles. The van der Waals surface area contributed by atoms with E-state index >= 15 is 0 Å². The number of carbonyl (C=O) groups is 1. The molecule has 1 N–H and O–H groups in total. The zero-order valence-electron chi connectivity index (χ0n) is 14.8. The minimum atomic E-state index is -0.443. The third-order valence-corrected chi connectivity index (χ3v) is 4.86. The van der Waals surface area contributed by atoms with Crippen LogP contribution in [0.25, 0.3) is 6.08 Å². The lowest BCUT2D eigenvalue weighted by atomic mass is 10.1. The normalized spacial score (nSPS) is 15.2. The van der Waals surface area contributed by atoms with Crippen LogP contribution in [0.4, 0.5) is 5.69 Å². The molecular formula is C20H21ClN3O3+. The number of hydrogen-bond acceptors (Lipinski definition) is 3. The first-order valence-corrected chi connectivity index (χ1v) is 9.18. The van der Waals surface area contributed by atoms with Crippen LogP contribution in [0.15, 0.2) is 54.6 Å². The summed E-state index contributed by atoms with van der Waals surface area (Å²) in [5.41, 5.74) is 1.86.